The van der Waals surface area contributed by atoms with Gasteiger partial charge in [0, 0.05) is 6.42 Å². The van der Waals surface area contributed by atoms with Crippen LogP contribution in [0.5, 0.6) is 0 Å². The summed E-state index contributed by atoms with van der Waals surface area (Å²) in [5.74, 6) is 2.44. The van der Waals surface area contributed by atoms with Crippen LogP contribution in [0.15, 0.2) is 12.1 Å². The highest BCUT2D eigenvalue weighted by Crippen LogP contribution is 2.18. The van der Waals surface area contributed by atoms with Crippen molar-refractivity contribution in [2.75, 3.05) is 0 Å². The van der Waals surface area contributed by atoms with E-state index in [0.717, 1.165) is 23.9 Å². The molecule has 0 amide bonds. The first kappa shape index (κ1) is 12.7. The van der Waals surface area contributed by atoms with Gasteiger partial charge in [0.05, 0.1) is 0 Å². The van der Waals surface area contributed by atoms with Gasteiger partial charge >= 0.3 is 0 Å². The van der Waals surface area contributed by atoms with Crippen molar-refractivity contribution < 1.29 is 0 Å². The average molecular weight is 241 g/mol. The molecule has 3 nitrogen and oxygen atoms in total. The lowest BCUT2D eigenvalue weighted by molar-refractivity contribution is 0.838. The molecule has 0 unspecified atom stereocenters. The maximum Gasteiger partial charge on any atom is 0.136 e. The number of benzene rings is 1. The van der Waals surface area contributed by atoms with E-state index in [1.54, 1.807) is 0 Å². The Morgan fingerprint density at radius 2 is 1.28 bits per heavy atom. The third-order valence-corrected chi connectivity index (χ3v) is 3.08. The van der Waals surface area contributed by atoms with E-state index in [1.165, 1.54) is 22.3 Å². The molecule has 0 saturated carbocycles. The molecule has 0 aliphatic heterocycles. The summed E-state index contributed by atoms with van der Waals surface area (Å²) in [5.41, 5.74) is 5.24. The van der Waals surface area contributed by atoms with E-state index >= 15 is 0 Å². The first-order chi connectivity index (χ1) is 8.45. The van der Waals surface area contributed by atoms with Crippen LogP contribution in [0, 0.1) is 34.6 Å². The maximum atomic E-state index is 4.41. The Hall–Kier alpha value is -1.77. The van der Waals surface area contributed by atoms with E-state index in [2.05, 4.69) is 47.9 Å². The van der Waals surface area contributed by atoms with Crippen molar-refractivity contribution >= 4 is 0 Å². The minimum atomic E-state index is 0.780. The molecule has 94 valence electrons. The fourth-order valence-corrected chi connectivity index (χ4v) is 2.41. The Balaban J connectivity index is 2.40. The molecule has 2 rings (SSSR count). The van der Waals surface area contributed by atoms with E-state index in [-0.39, 0.29) is 0 Å². The van der Waals surface area contributed by atoms with Gasteiger partial charge in [-0.05, 0) is 51.3 Å². The lowest BCUT2D eigenvalue weighted by atomic mass is 9.97. The molecule has 1 aromatic carbocycles. The first-order valence-electron chi connectivity index (χ1n) is 6.20. The summed E-state index contributed by atoms with van der Waals surface area (Å²) in [6, 6.07) is 4.42. The highest BCUT2D eigenvalue weighted by Gasteiger charge is 2.08. The van der Waals surface area contributed by atoms with Gasteiger partial charge in [0.1, 0.15) is 17.5 Å². The molecule has 0 N–H and O–H groups in total. The number of hydrogen-bond donors (Lipinski definition) is 0. The van der Waals surface area contributed by atoms with Crippen molar-refractivity contribution in [3.05, 3.63) is 51.9 Å². The van der Waals surface area contributed by atoms with Gasteiger partial charge in [0.2, 0.25) is 0 Å². The summed E-state index contributed by atoms with van der Waals surface area (Å²) in [6.07, 6.45) is 0.780. The van der Waals surface area contributed by atoms with E-state index in [0.29, 0.717) is 0 Å². The molecule has 1 heterocycles. The lowest BCUT2D eigenvalue weighted by Gasteiger charge is -2.11. The topological polar surface area (TPSA) is 38.7 Å². The van der Waals surface area contributed by atoms with E-state index < -0.39 is 0 Å². The molecule has 1 aromatic heterocycles. The normalized spacial score (nSPS) is 10.7. The number of hydrogen-bond acceptors (Lipinski definition) is 3. The molecule has 18 heavy (non-hydrogen) atoms. The predicted octanol–water partition coefficient (Wildman–Crippen LogP) is 3.00. The van der Waals surface area contributed by atoms with Crippen molar-refractivity contribution in [3.63, 3.8) is 0 Å². The van der Waals surface area contributed by atoms with Crippen LogP contribution < -0.4 is 0 Å². The van der Waals surface area contributed by atoms with E-state index in [1.807, 2.05) is 13.8 Å². The number of nitrogens with zero attached hydrogens (tertiary/aromatic N) is 3. The average Bonchev–Trinajstić information content (AvgIpc) is 2.22. The zero-order chi connectivity index (χ0) is 13.3. The van der Waals surface area contributed by atoms with E-state index in [4.69, 9.17) is 0 Å². The van der Waals surface area contributed by atoms with Gasteiger partial charge in [0.25, 0.3) is 0 Å². The van der Waals surface area contributed by atoms with Crippen LogP contribution in [0.4, 0.5) is 0 Å². The van der Waals surface area contributed by atoms with Crippen LogP contribution in [0.2, 0.25) is 0 Å². The Kier molecular flexibility index (Phi) is 3.41. The van der Waals surface area contributed by atoms with Gasteiger partial charge in [-0.1, -0.05) is 17.7 Å². The molecule has 0 bridgehead atoms. The van der Waals surface area contributed by atoms with Crippen LogP contribution in [0.3, 0.4) is 0 Å². The van der Waals surface area contributed by atoms with Crippen molar-refractivity contribution in [2.45, 2.75) is 41.0 Å². The summed E-state index contributed by atoms with van der Waals surface area (Å²) >= 11 is 0. The number of rotatable bonds is 2. The summed E-state index contributed by atoms with van der Waals surface area (Å²) in [6.45, 7) is 10.2. The third kappa shape index (κ3) is 2.73. The molecular weight excluding hydrogens is 222 g/mol. The smallest absolute Gasteiger partial charge is 0.136 e. The molecule has 0 atom stereocenters. The molecular formula is C15H19N3. The second kappa shape index (κ2) is 4.84. The summed E-state index contributed by atoms with van der Waals surface area (Å²) in [4.78, 5) is 13.0. The van der Waals surface area contributed by atoms with E-state index in [9.17, 15) is 0 Å². The quantitative estimate of drug-likeness (QED) is 0.811. The largest absolute Gasteiger partial charge is 0.219 e. The van der Waals surface area contributed by atoms with Gasteiger partial charge in [0.15, 0.2) is 0 Å². The minimum absolute atomic E-state index is 0.780. The van der Waals surface area contributed by atoms with Crippen LogP contribution in [0.1, 0.15) is 39.7 Å². The van der Waals surface area contributed by atoms with Crippen molar-refractivity contribution in [1.82, 2.24) is 15.0 Å². The van der Waals surface area contributed by atoms with Gasteiger partial charge in [-0.3, -0.25) is 0 Å². The molecule has 0 aliphatic carbocycles. The zero-order valence-corrected chi connectivity index (χ0v) is 11.7. The standard InChI is InChI=1S/C15H19N3/c1-9-6-10(2)14(11(3)7-9)8-15-17-12(4)16-13(5)18-15/h6-7H,8H2,1-5H3. The first-order valence-corrected chi connectivity index (χ1v) is 6.20. The molecule has 0 radical (unpaired) electrons. The van der Waals surface area contributed by atoms with Crippen LogP contribution in [-0.4, -0.2) is 15.0 Å². The Morgan fingerprint density at radius 1 is 0.778 bits per heavy atom. The Labute approximate surface area is 108 Å². The highest BCUT2D eigenvalue weighted by molar-refractivity contribution is 5.39. The fraction of sp³-hybridized carbons (Fsp3) is 0.400. The lowest BCUT2D eigenvalue weighted by Crippen LogP contribution is -2.05. The monoisotopic (exact) mass is 241 g/mol. The molecule has 0 spiro atoms. The minimum Gasteiger partial charge on any atom is -0.219 e. The maximum absolute atomic E-state index is 4.41. The molecule has 2 aromatic rings. The van der Waals surface area contributed by atoms with Crippen LogP contribution in [0.25, 0.3) is 0 Å². The van der Waals surface area contributed by atoms with Gasteiger partial charge in [-0.2, -0.15) is 0 Å². The SMILES string of the molecule is Cc1cc(C)c(Cc2nc(C)nc(C)n2)c(C)c1. The highest BCUT2D eigenvalue weighted by atomic mass is 15.0. The molecule has 0 saturated heterocycles. The third-order valence-electron chi connectivity index (χ3n) is 3.08. The summed E-state index contributed by atoms with van der Waals surface area (Å²) in [7, 11) is 0. The summed E-state index contributed by atoms with van der Waals surface area (Å²) < 4.78 is 0. The van der Waals surface area contributed by atoms with Crippen molar-refractivity contribution in [2.24, 2.45) is 0 Å². The van der Waals surface area contributed by atoms with Gasteiger partial charge < -0.3 is 0 Å². The number of aryl methyl sites for hydroxylation is 5. The molecule has 0 fully saturated rings. The van der Waals surface area contributed by atoms with Gasteiger partial charge in [-0.15, -0.1) is 0 Å². The fourth-order valence-electron chi connectivity index (χ4n) is 2.41. The second-order valence-corrected chi connectivity index (χ2v) is 4.90. The van der Waals surface area contributed by atoms with Gasteiger partial charge in [-0.25, -0.2) is 15.0 Å². The van der Waals surface area contributed by atoms with Crippen molar-refractivity contribution in [3.8, 4) is 0 Å². The van der Waals surface area contributed by atoms with Crippen molar-refractivity contribution in [1.29, 1.82) is 0 Å². The Morgan fingerprint density at radius 3 is 1.78 bits per heavy atom. The molecule has 3 heteroatoms. The van der Waals surface area contributed by atoms with Crippen LogP contribution in [-0.2, 0) is 6.42 Å². The zero-order valence-electron chi connectivity index (χ0n) is 11.7. The molecule has 0 aliphatic rings. The second-order valence-electron chi connectivity index (χ2n) is 4.90. The summed E-state index contributed by atoms with van der Waals surface area (Å²) in [5, 5.41) is 0. The Bertz CT molecular complexity index is 545. The van der Waals surface area contributed by atoms with Crippen LogP contribution >= 0.6 is 0 Å². The number of aromatic nitrogens is 3. The predicted molar refractivity (Wildman–Crippen MR) is 72.8 cm³/mol.